The fourth-order valence-electron chi connectivity index (χ4n) is 1.53. The molecule has 76 valence electrons. The molecule has 0 radical (unpaired) electrons. The predicted octanol–water partition coefficient (Wildman–Crippen LogP) is 1.88. The maximum absolute atomic E-state index is 11.2. The maximum Gasteiger partial charge on any atom is 0.235 e. The van der Waals surface area contributed by atoms with E-state index in [4.69, 9.17) is 11.6 Å². The van der Waals surface area contributed by atoms with Crippen molar-refractivity contribution < 1.29 is 4.79 Å². The molecule has 1 atom stereocenters. The lowest BCUT2D eigenvalue weighted by molar-refractivity contribution is -0.117. The Kier molecular flexibility index (Phi) is 2.35. The van der Waals surface area contributed by atoms with Crippen molar-refractivity contribution >= 4 is 35.1 Å². The van der Waals surface area contributed by atoms with E-state index in [-0.39, 0.29) is 10.7 Å². The lowest BCUT2D eigenvalue weighted by atomic mass is 10.0. The zero-order chi connectivity index (χ0) is 10.3. The third-order valence-electron chi connectivity index (χ3n) is 2.45. The molecule has 2 aliphatic rings. The number of fused-ring (bicyclic) bond motifs is 1. The topological polar surface area (TPSA) is 41.5 Å². The quantitative estimate of drug-likeness (QED) is 0.691. The number of rotatable bonds is 0. The summed E-state index contributed by atoms with van der Waals surface area (Å²) in [6.45, 7) is 3.92. The predicted molar refractivity (Wildman–Crippen MR) is 59.6 cm³/mol. The molecule has 0 aromatic heterocycles. The Hall–Kier alpha value is -0.480. The number of hydrogen-bond donors (Lipinski definition) is 1. The number of allylic oxidation sites excluding steroid dienone is 2. The van der Waals surface area contributed by atoms with Crippen LogP contribution in [0.2, 0.25) is 0 Å². The number of hydrogen-bond acceptors (Lipinski definition) is 3. The smallest absolute Gasteiger partial charge is 0.235 e. The van der Waals surface area contributed by atoms with E-state index in [1.807, 2.05) is 6.92 Å². The number of carbonyl (C=O) groups is 1. The van der Waals surface area contributed by atoms with Crippen molar-refractivity contribution in [3.63, 3.8) is 0 Å². The molecule has 14 heavy (non-hydrogen) atoms. The van der Waals surface area contributed by atoms with Gasteiger partial charge in [-0.05, 0) is 13.8 Å². The van der Waals surface area contributed by atoms with E-state index in [9.17, 15) is 4.79 Å². The number of nitrogens with one attached hydrogen (secondary N) is 1. The number of carbonyl (C=O) groups excluding carboxylic acids is 1. The zero-order valence-corrected chi connectivity index (χ0v) is 9.63. The van der Waals surface area contributed by atoms with E-state index in [1.165, 1.54) is 0 Å². The van der Waals surface area contributed by atoms with Gasteiger partial charge in [-0.25, -0.2) is 4.99 Å². The van der Waals surface area contributed by atoms with Crippen LogP contribution in [0.15, 0.2) is 15.7 Å². The molecule has 1 unspecified atom stereocenters. The molecule has 1 N–H and O–H groups in total. The van der Waals surface area contributed by atoms with Gasteiger partial charge in [0.25, 0.3) is 0 Å². The van der Waals surface area contributed by atoms with Crippen LogP contribution in [0.5, 0.6) is 0 Å². The molecule has 0 bridgehead atoms. The van der Waals surface area contributed by atoms with E-state index < -0.39 is 0 Å². The van der Waals surface area contributed by atoms with Gasteiger partial charge in [-0.15, -0.1) is 11.8 Å². The van der Waals surface area contributed by atoms with E-state index in [0.29, 0.717) is 5.75 Å². The summed E-state index contributed by atoms with van der Waals surface area (Å²) in [6.07, 6.45) is 0.754. The molecule has 2 rings (SSSR count). The van der Waals surface area contributed by atoms with E-state index in [0.717, 1.165) is 23.0 Å². The first-order valence-electron chi connectivity index (χ1n) is 4.39. The minimum atomic E-state index is -0.148. The van der Waals surface area contributed by atoms with E-state index in [1.54, 1.807) is 11.8 Å². The van der Waals surface area contributed by atoms with Crippen molar-refractivity contribution in [2.75, 3.05) is 5.75 Å². The molecule has 2 aliphatic heterocycles. The van der Waals surface area contributed by atoms with Gasteiger partial charge in [-0.1, -0.05) is 11.6 Å². The largest absolute Gasteiger partial charge is 0.312 e. The van der Waals surface area contributed by atoms with Crippen molar-refractivity contribution in [2.24, 2.45) is 4.99 Å². The second-order valence-corrected chi connectivity index (χ2v) is 5.63. The van der Waals surface area contributed by atoms with Crippen molar-refractivity contribution in [1.29, 1.82) is 0 Å². The first-order chi connectivity index (χ1) is 6.51. The summed E-state index contributed by atoms with van der Waals surface area (Å²) < 4.78 is -0.148. The molecular formula is C9H11ClN2OS. The summed E-state index contributed by atoms with van der Waals surface area (Å²) in [5.74, 6) is 1.26. The van der Waals surface area contributed by atoms with Gasteiger partial charge in [0.1, 0.15) is 5.84 Å². The van der Waals surface area contributed by atoms with Crippen LogP contribution in [-0.2, 0) is 4.79 Å². The fraction of sp³-hybridized carbons (Fsp3) is 0.556. The average Bonchev–Trinajstić information content (AvgIpc) is 2.10. The monoisotopic (exact) mass is 230 g/mol. The summed E-state index contributed by atoms with van der Waals surface area (Å²) in [5, 5.41) is 3.60. The molecule has 1 fully saturated rings. The summed E-state index contributed by atoms with van der Waals surface area (Å²) in [7, 11) is 0. The van der Waals surface area contributed by atoms with Crippen LogP contribution in [0.4, 0.5) is 0 Å². The van der Waals surface area contributed by atoms with Crippen LogP contribution in [0.25, 0.3) is 0 Å². The number of amides is 1. The highest BCUT2D eigenvalue weighted by Gasteiger charge is 2.40. The molecule has 5 heteroatoms. The number of amidine groups is 1. The van der Waals surface area contributed by atoms with Gasteiger partial charge < -0.3 is 5.32 Å². The summed E-state index contributed by atoms with van der Waals surface area (Å²) >= 11 is 7.66. The van der Waals surface area contributed by atoms with Crippen molar-refractivity contribution in [3.05, 3.63) is 10.7 Å². The van der Waals surface area contributed by atoms with Crippen molar-refractivity contribution in [3.8, 4) is 0 Å². The molecule has 0 aliphatic carbocycles. The Bertz CT molecular complexity index is 364. The Morgan fingerprint density at radius 1 is 1.64 bits per heavy atom. The Balaban J connectivity index is 2.37. The molecule has 0 aromatic rings. The van der Waals surface area contributed by atoms with Crippen LogP contribution in [-0.4, -0.2) is 22.2 Å². The number of halogens is 1. The summed E-state index contributed by atoms with van der Waals surface area (Å²) in [4.78, 5) is 15.5. The normalized spacial score (nSPS) is 32.2. The molecule has 1 amide bonds. The second-order valence-electron chi connectivity index (χ2n) is 3.70. The Morgan fingerprint density at radius 2 is 2.36 bits per heavy atom. The Labute approximate surface area is 92.0 Å². The Morgan fingerprint density at radius 3 is 3.07 bits per heavy atom. The third kappa shape index (κ3) is 1.57. The standard InChI is InChI=1S/C9H11ClN2OS/c1-5-6(10)3-9(2)8(11-5)12-7(13)4-14-9/h3-4H2,1-2H3,(H,11,12,13). The van der Waals surface area contributed by atoms with Crippen molar-refractivity contribution in [1.82, 2.24) is 5.32 Å². The highest BCUT2D eigenvalue weighted by atomic mass is 35.5. The van der Waals surface area contributed by atoms with Crippen molar-refractivity contribution in [2.45, 2.75) is 25.0 Å². The van der Waals surface area contributed by atoms with Crippen LogP contribution in [0.3, 0.4) is 0 Å². The number of thioether (sulfide) groups is 1. The summed E-state index contributed by atoms with van der Waals surface area (Å²) in [5.41, 5.74) is 0.807. The van der Waals surface area contributed by atoms with Gasteiger partial charge in [0, 0.05) is 11.5 Å². The first kappa shape index (κ1) is 10.1. The molecule has 0 aromatic carbocycles. The van der Waals surface area contributed by atoms with Crippen LogP contribution in [0.1, 0.15) is 20.3 Å². The maximum atomic E-state index is 11.2. The zero-order valence-electron chi connectivity index (χ0n) is 8.06. The lowest BCUT2D eigenvalue weighted by Crippen LogP contribution is -2.51. The average molecular weight is 231 g/mol. The molecule has 0 spiro atoms. The minimum Gasteiger partial charge on any atom is -0.312 e. The van der Waals surface area contributed by atoms with E-state index in [2.05, 4.69) is 17.2 Å². The lowest BCUT2D eigenvalue weighted by Gasteiger charge is -2.36. The highest BCUT2D eigenvalue weighted by molar-refractivity contribution is 8.02. The second kappa shape index (κ2) is 3.28. The van der Waals surface area contributed by atoms with E-state index >= 15 is 0 Å². The van der Waals surface area contributed by atoms with Gasteiger partial charge in [0.2, 0.25) is 5.91 Å². The van der Waals surface area contributed by atoms with Crippen LogP contribution in [0, 0.1) is 0 Å². The number of nitrogens with zero attached hydrogens (tertiary/aromatic N) is 1. The molecule has 0 saturated carbocycles. The molecular weight excluding hydrogens is 220 g/mol. The number of aliphatic imine (C=N–C) groups is 1. The summed E-state index contributed by atoms with van der Waals surface area (Å²) in [6, 6.07) is 0. The molecule has 1 saturated heterocycles. The molecule has 2 heterocycles. The van der Waals surface area contributed by atoms with Crippen LogP contribution >= 0.6 is 23.4 Å². The fourth-order valence-corrected chi connectivity index (χ4v) is 2.92. The van der Waals surface area contributed by atoms with Gasteiger partial charge in [0.05, 0.1) is 16.2 Å². The third-order valence-corrected chi connectivity index (χ3v) is 4.23. The van der Waals surface area contributed by atoms with Crippen LogP contribution < -0.4 is 5.32 Å². The first-order valence-corrected chi connectivity index (χ1v) is 5.76. The highest BCUT2D eigenvalue weighted by Crippen LogP contribution is 2.40. The minimum absolute atomic E-state index is 0.0250. The molecule has 3 nitrogen and oxygen atoms in total. The van der Waals surface area contributed by atoms with Gasteiger partial charge in [-0.2, -0.15) is 0 Å². The van der Waals surface area contributed by atoms with Gasteiger partial charge >= 0.3 is 0 Å². The SMILES string of the molecule is CC1=C(Cl)CC2(C)SCC(=O)NC2=N1. The van der Waals surface area contributed by atoms with Gasteiger partial charge in [0.15, 0.2) is 0 Å². The van der Waals surface area contributed by atoms with Gasteiger partial charge in [-0.3, -0.25) is 4.79 Å².